The Kier molecular flexibility index (Phi) is 7.15. The second kappa shape index (κ2) is 10.1. The van der Waals surface area contributed by atoms with Crippen LogP contribution >= 0.6 is 46.4 Å². The summed E-state index contributed by atoms with van der Waals surface area (Å²) in [5.41, 5.74) is 2.31. The molecule has 1 saturated heterocycles. The lowest BCUT2D eigenvalue weighted by Crippen LogP contribution is -2.30. The number of amides is 3. The highest BCUT2D eigenvalue weighted by atomic mass is 35.5. The summed E-state index contributed by atoms with van der Waals surface area (Å²) in [5.74, 6) is -0.143. The van der Waals surface area contributed by atoms with Crippen LogP contribution in [-0.2, 0) is 17.9 Å². The van der Waals surface area contributed by atoms with E-state index in [9.17, 15) is 9.59 Å². The molecule has 0 unspecified atom stereocenters. The fourth-order valence-corrected chi connectivity index (χ4v) is 4.17. The van der Waals surface area contributed by atoms with Gasteiger partial charge in [0.05, 0.1) is 26.6 Å². The second-order valence-electron chi connectivity index (χ2n) is 7.22. The molecule has 0 aromatic heterocycles. The first-order chi connectivity index (χ1) is 15.8. The minimum Gasteiger partial charge on any atom is -0.486 e. The Morgan fingerprint density at radius 2 is 1.52 bits per heavy atom. The van der Waals surface area contributed by atoms with Gasteiger partial charge in [0.15, 0.2) is 5.75 Å². The Balaban J connectivity index is 1.50. The molecule has 168 valence electrons. The SMILES string of the molecule is O=C1N/C(=C/c2cc(Cl)c(OCc3ccc(Cl)c(Cl)c3)c(Cl)c2)C(=O)N1Cc1ccccc1. The van der Waals surface area contributed by atoms with Crippen molar-refractivity contribution in [2.75, 3.05) is 0 Å². The third kappa shape index (κ3) is 5.45. The molecule has 0 saturated carbocycles. The normalized spacial score (nSPS) is 14.7. The first kappa shape index (κ1) is 23.5. The topological polar surface area (TPSA) is 58.6 Å². The lowest BCUT2D eigenvalue weighted by atomic mass is 10.1. The van der Waals surface area contributed by atoms with E-state index in [1.54, 1.807) is 30.3 Å². The van der Waals surface area contributed by atoms with Crippen LogP contribution in [0.2, 0.25) is 20.1 Å². The van der Waals surface area contributed by atoms with Crippen LogP contribution in [0.1, 0.15) is 16.7 Å². The minimum atomic E-state index is -0.492. The van der Waals surface area contributed by atoms with Crippen molar-refractivity contribution in [3.8, 4) is 5.75 Å². The zero-order valence-corrected chi connectivity index (χ0v) is 20.0. The van der Waals surface area contributed by atoms with Crippen molar-refractivity contribution in [3.63, 3.8) is 0 Å². The van der Waals surface area contributed by atoms with Crippen LogP contribution in [0.3, 0.4) is 0 Å². The number of carbonyl (C=O) groups excluding carboxylic acids is 2. The summed E-state index contributed by atoms with van der Waals surface area (Å²) in [6.45, 7) is 0.353. The molecule has 1 aliphatic rings. The number of rotatable bonds is 6. The van der Waals surface area contributed by atoms with E-state index in [4.69, 9.17) is 51.1 Å². The molecule has 3 aromatic rings. The third-order valence-electron chi connectivity index (χ3n) is 4.84. The predicted molar refractivity (Wildman–Crippen MR) is 131 cm³/mol. The van der Waals surface area contributed by atoms with Gasteiger partial charge in [-0.05, 0) is 47.0 Å². The third-order valence-corrected chi connectivity index (χ3v) is 6.15. The average Bonchev–Trinajstić information content (AvgIpc) is 3.03. The summed E-state index contributed by atoms with van der Waals surface area (Å²) in [7, 11) is 0. The van der Waals surface area contributed by atoms with Gasteiger partial charge in [0.1, 0.15) is 12.3 Å². The Hall–Kier alpha value is -2.70. The molecule has 0 bridgehead atoms. The first-order valence-corrected chi connectivity index (χ1v) is 11.3. The summed E-state index contributed by atoms with van der Waals surface area (Å²) in [6.07, 6.45) is 1.52. The second-order valence-corrected chi connectivity index (χ2v) is 8.84. The van der Waals surface area contributed by atoms with E-state index >= 15 is 0 Å². The van der Waals surface area contributed by atoms with E-state index in [2.05, 4.69) is 5.32 Å². The summed E-state index contributed by atoms with van der Waals surface area (Å²) in [6, 6.07) is 17.1. The molecule has 0 aliphatic carbocycles. The van der Waals surface area contributed by atoms with E-state index in [1.165, 1.54) is 6.08 Å². The number of ether oxygens (including phenoxy) is 1. The van der Waals surface area contributed by atoms with Crippen molar-refractivity contribution in [1.82, 2.24) is 10.2 Å². The number of nitrogens with one attached hydrogen (secondary N) is 1. The van der Waals surface area contributed by atoms with Gasteiger partial charge >= 0.3 is 6.03 Å². The first-order valence-electron chi connectivity index (χ1n) is 9.76. The molecule has 1 heterocycles. The summed E-state index contributed by atoms with van der Waals surface area (Å²) < 4.78 is 5.76. The van der Waals surface area contributed by atoms with Crippen LogP contribution in [0.25, 0.3) is 6.08 Å². The molecule has 1 aliphatic heterocycles. The van der Waals surface area contributed by atoms with E-state index in [0.29, 0.717) is 21.4 Å². The molecular weight excluding hydrogens is 506 g/mol. The maximum atomic E-state index is 12.7. The monoisotopic (exact) mass is 520 g/mol. The Morgan fingerprint density at radius 3 is 2.18 bits per heavy atom. The fourth-order valence-electron chi connectivity index (χ4n) is 3.23. The molecule has 33 heavy (non-hydrogen) atoms. The van der Waals surface area contributed by atoms with Gasteiger partial charge in [0, 0.05) is 0 Å². The highest BCUT2D eigenvalue weighted by Crippen LogP contribution is 2.36. The molecule has 0 spiro atoms. The van der Waals surface area contributed by atoms with Crippen LogP contribution in [0.4, 0.5) is 4.79 Å². The van der Waals surface area contributed by atoms with Gasteiger partial charge < -0.3 is 10.1 Å². The summed E-state index contributed by atoms with van der Waals surface area (Å²) in [4.78, 5) is 26.2. The van der Waals surface area contributed by atoms with Gasteiger partial charge in [-0.15, -0.1) is 0 Å². The maximum absolute atomic E-state index is 12.7. The lowest BCUT2D eigenvalue weighted by Gasteiger charge is -2.12. The molecule has 1 fully saturated rings. The summed E-state index contributed by atoms with van der Waals surface area (Å²) in [5, 5.41) is 3.97. The molecule has 3 amide bonds. The van der Waals surface area contributed by atoms with Crippen molar-refractivity contribution < 1.29 is 14.3 Å². The zero-order chi connectivity index (χ0) is 23.5. The van der Waals surface area contributed by atoms with Crippen molar-refractivity contribution in [2.45, 2.75) is 13.2 Å². The number of urea groups is 1. The molecule has 0 atom stereocenters. The van der Waals surface area contributed by atoms with Gasteiger partial charge in [-0.25, -0.2) is 4.79 Å². The average molecular weight is 522 g/mol. The quantitative estimate of drug-likeness (QED) is 0.281. The number of carbonyl (C=O) groups is 2. The molecule has 0 radical (unpaired) electrons. The van der Waals surface area contributed by atoms with Crippen molar-refractivity contribution in [3.05, 3.63) is 103 Å². The largest absolute Gasteiger partial charge is 0.486 e. The zero-order valence-electron chi connectivity index (χ0n) is 16.9. The van der Waals surface area contributed by atoms with E-state index in [1.807, 2.05) is 30.3 Å². The molecule has 3 aromatic carbocycles. The van der Waals surface area contributed by atoms with Gasteiger partial charge in [-0.3, -0.25) is 9.69 Å². The van der Waals surface area contributed by atoms with Gasteiger partial charge in [0.25, 0.3) is 5.91 Å². The van der Waals surface area contributed by atoms with Crippen LogP contribution in [0.15, 0.2) is 66.4 Å². The number of nitrogens with zero attached hydrogens (tertiary/aromatic N) is 1. The van der Waals surface area contributed by atoms with Crippen molar-refractivity contribution in [1.29, 1.82) is 0 Å². The van der Waals surface area contributed by atoms with Gasteiger partial charge in [0.2, 0.25) is 0 Å². The molecule has 1 N–H and O–H groups in total. The van der Waals surface area contributed by atoms with Crippen LogP contribution in [0, 0.1) is 0 Å². The van der Waals surface area contributed by atoms with E-state index in [0.717, 1.165) is 16.0 Å². The summed E-state index contributed by atoms with van der Waals surface area (Å²) >= 11 is 24.7. The van der Waals surface area contributed by atoms with Gasteiger partial charge in [-0.2, -0.15) is 0 Å². The number of hydrogen-bond acceptors (Lipinski definition) is 3. The van der Waals surface area contributed by atoms with Crippen molar-refractivity contribution >= 4 is 64.4 Å². The number of hydrogen-bond donors (Lipinski definition) is 1. The van der Waals surface area contributed by atoms with Crippen LogP contribution < -0.4 is 10.1 Å². The highest BCUT2D eigenvalue weighted by molar-refractivity contribution is 6.42. The smallest absolute Gasteiger partial charge is 0.329 e. The highest BCUT2D eigenvalue weighted by Gasteiger charge is 2.33. The van der Waals surface area contributed by atoms with E-state index in [-0.39, 0.29) is 28.9 Å². The predicted octanol–water partition coefficient (Wildman–Crippen LogP) is 6.97. The molecule has 5 nitrogen and oxygen atoms in total. The molecule has 9 heteroatoms. The number of halogens is 4. The van der Waals surface area contributed by atoms with Crippen molar-refractivity contribution in [2.24, 2.45) is 0 Å². The standard InChI is InChI=1S/C24H16Cl4N2O3/c25-17-7-6-15(8-18(17)26)13-33-22-19(27)9-16(10-20(22)28)11-21-23(31)30(24(32)29-21)12-14-4-2-1-3-5-14/h1-11H,12-13H2,(H,29,32)/b21-11+. The van der Waals surface area contributed by atoms with Crippen LogP contribution in [0.5, 0.6) is 5.75 Å². The molecular formula is C24H16Cl4N2O3. The lowest BCUT2D eigenvalue weighted by molar-refractivity contribution is -0.123. The minimum absolute atomic E-state index is 0.132. The molecule has 4 rings (SSSR count). The van der Waals surface area contributed by atoms with Gasteiger partial charge in [-0.1, -0.05) is 82.8 Å². The maximum Gasteiger partial charge on any atom is 0.329 e. The Morgan fingerprint density at radius 1 is 0.818 bits per heavy atom. The Bertz CT molecular complexity index is 1240. The van der Waals surface area contributed by atoms with Crippen LogP contribution in [-0.4, -0.2) is 16.8 Å². The number of imide groups is 1. The number of benzene rings is 3. The Labute approximate surface area is 210 Å². The van der Waals surface area contributed by atoms with E-state index < -0.39 is 11.9 Å². The fraction of sp³-hybridized carbons (Fsp3) is 0.0833.